The molecule has 0 radical (unpaired) electrons. The summed E-state index contributed by atoms with van der Waals surface area (Å²) in [5.41, 5.74) is 1.25. The third kappa shape index (κ3) is 1.37. The van der Waals surface area contributed by atoms with Crippen molar-refractivity contribution >= 4 is 5.97 Å². The highest BCUT2D eigenvalue weighted by Gasteiger charge is 2.49. The lowest BCUT2D eigenvalue weighted by atomic mass is 9.77. The third-order valence-corrected chi connectivity index (χ3v) is 3.60. The minimum Gasteiger partial charge on any atom is -0.465 e. The Morgan fingerprint density at radius 1 is 1.71 bits per heavy atom. The number of allylic oxidation sites excluding steroid dienone is 2. The van der Waals surface area contributed by atoms with E-state index in [1.807, 2.05) is 6.92 Å². The van der Waals surface area contributed by atoms with Crippen LogP contribution in [0.15, 0.2) is 11.6 Å². The summed E-state index contributed by atoms with van der Waals surface area (Å²) in [5.74, 6) is 0.536. The molecule has 0 heterocycles. The van der Waals surface area contributed by atoms with Crippen LogP contribution in [0, 0.1) is 11.3 Å². The van der Waals surface area contributed by atoms with E-state index in [4.69, 9.17) is 4.74 Å². The molecule has 2 atom stereocenters. The third-order valence-electron chi connectivity index (χ3n) is 3.60. The zero-order valence-corrected chi connectivity index (χ0v) is 9.01. The fourth-order valence-corrected chi connectivity index (χ4v) is 2.64. The summed E-state index contributed by atoms with van der Waals surface area (Å²) in [6.07, 6.45) is 6.33. The van der Waals surface area contributed by atoms with Crippen molar-refractivity contribution in [1.82, 2.24) is 0 Å². The van der Waals surface area contributed by atoms with Gasteiger partial charge in [-0.1, -0.05) is 18.6 Å². The maximum Gasteiger partial charge on any atom is 0.312 e. The van der Waals surface area contributed by atoms with E-state index in [2.05, 4.69) is 13.0 Å². The lowest BCUT2D eigenvalue weighted by Gasteiger charge is -2.29. The molecule has 2 nitrogen and oxygen atoms in total. The fraction of sp³-hybridized carbons (Fsp3) is 0.750. The van der Waals surface area contributed by atoms with E-state index in [0.29, 0.717) is 12.5 Å². The average molecular weight is 194 g/mol. The standard InChI is InChI=1S/C12H18O2/c1-3-6-14-11(13)12(2)8-9-4-5-10(12)7-9/h4,10H,3,5-8H2,1-2H3. The first-order valence-corrected chi connectivity index (χ1v) is 5.52. The van der Waals surface area contributed by atoms with Gasteiger partial charge in [-0.2, -0.15) is 0 Å². The zero-order valence-electron chi connectivity index (χ0n) is 9.01. The number of ether oxygens (including phenoxy) is 1. The van der Waals surface area contributed by atoms with Crippen LogP contribution in [0.2, 0.25) is 0 Å². The summed E-state index contributed by atoms with van der Waals surface area (Å²) in [5, 5.41) is 0. The minimum absolute atomic E-state index is 0.0208. The first-order valence-electron chi connectivity index (χ1n) is 5.52. The molecule has 1 fully saturated rings. The molecule has 0 spiro atoms. The Kier molecular flexibility index (Phi) is 2.38. The molecule has 0 N–H and O–H groups in total. The Hall–Kier alpha value is -0.790. The summed E-state index contributed by atoms with van der Waals surface area (Å²) in [7, 11) is 0. The van der Waals surface area contributed by atoms with Crippen molar-refractivity contribution in [2.45, 2.75) is 39.5 Å². The maximum absolute atomic E-state index is 11.9. The molecule has 2 aliphatic carbocycles. The van der Waals surface area contributed by atoms with Crippen LogP contribution < -0.4 is 0 Å². The van der Waals surface area contributed by atoms with Gasteiger partial charge in [-0.05, 0) is 38.5 Å². The van der Waals surface area contributed by atoms with Crippen molar-refractivity contribution < 1.29 is 9.53 Å². The van der Waals surface area contributed by atoms with E-state index < -0.39 is 0 Å². The van der Waals surface area contributed by atoms with Gasteiger partial charge in [0.15, 0.2) is 0 Å². The maximum atomic E-state index is 11.9. The Morgan fingerprint density at radius 3 is 3.00 bits per heavy atom. The Balaban J connectivity index is 2.03. The summed E-state index contributed by atoms with van der Waals surface area (Å²) in [4.78, 5) is 11.9. The first-order chi connectivity index (χ1) is 6.66. The van der Waals surface area contributed by atoms with E-state index in [1.54, 1.807) is 0 Å². The smallest absolute Gasteiger partial charge is 0.312 e. The van der Waals surface area contributed by atoms with Crippen LogP contribution in [0.1, 0.15) is 39.5 Å². The van der Waals surface area contributed by atoms with Gasteiger partial charge in [0.05, 0.1) is 12.0 Å². The molecule has 1 saturated carbocycles. The molecule has 2 heteroatoms. The molecule has 0 aromatic carbocycles. The van der Waals surface area contributed by atoms with Crippen molar-refractivity contribution in [3.8, 4) is 0 Å². The van der Waals surface area contributed by atoms with E-state index in [0.717, 1.165) is 25.7 Å². The van der Waals surface area contributed by atoms with Gasteiger partial charge in [0, 0.05) is 0 Å². The summed E-state index contributed by atoms with van der Waals surface area (Å²) < 4.78 is 5.26. The lowest BCUT2D eigenvalue weighted by Crippen LogP contribution is -2.34. The molecule has 0 aromatic rings. The molecule has 2 aliphatic rings. The predicted molar refractivity (Wildman–Crippen MR) is 54.8 cm³/mol. The molecule has 0 aromatic heterocycles. The first kappa shape index (κ1) is 9.75. The van der Waals surface area contributed by atoms with Gasteiger partial charge in [0.1, 0.15) is 0 Å². The van der Waals surface area contributed by atoms with Gasteiger partial charge in [0.2, 0.25) is 0 Å². The largest absolute Gasteiger partial charge is 0.465 e. The molecule has 78 valence electrons. The van der Waals surface area contributed by atoms with Gasteiger partial charge in [-0.15, -0.1) is 0 Å². The molecular weight excluding hydrogens is 176 g/mol. The fourth-order valence-electron chi connectivity index (χ4n) is 2.64. The van der Waals surface area contributed by atoms with Crippen LogP contribution in [0.25, 0.3) is 0 Å². The second-order valence-electron chi connectivity index (χ2n) is 4.73. The van der Waals surface area contributed by atoms with Crippen LogP contribution in [0.4, 0.5) is 0 Å². The topological polar surface area (TPSA) is 26.3 Å². The van der Waals surface area contributed by atoms with Crippen LogP contribution in [0.3, 0.4) is 0 Å². The quantitative estimate of drug-likeness (QED) is 0.510. The molecule has 2 unspecified atom stereocenters. The summed E-state index contributed by atoms with van der Waals surface area (Å²) in [6.45, 7) is 4.66. The highest BCUT2D eigenvalue weighted by atomic mass is 16.5. The molecule has 0 saturated heterocycles. The molecular formula is C12H18O2. The second kappa shape index (κ2) is 3.41. The van der Waals surface area contributed by atoms with Crippen molar-refractivity contribution in [2.24, 2.45) is 11.3 Å². The van der Waals surface area contributed by atoms with Gasteiger partial charge in [-0.3, -0.25) is 4.79 Å². The number of fused-ring (bicyclic) bond motifs is 2. The number of carbonyl (C=O) groups is 1. The number of hydrogen-bond donors (Lipinski definition) is 0. The monoisotopic (exact) mass is 194 g/mol. The normalized spacial score (nSPS) is 34.4. The van der Waals surface area contributed by atoms with Gasteiger partial charge in [0.25, 0.3) is 0 Å². The van der Waals surface area contributed by atoms with E-state index >= 15 is 0 Å². The molecule has 0 amide bonds. The van der Waals surface area contributed by atoms with Crippen LogP contribution in [-0.4, -0.2) is 12.6 Å². The highest BCUT2D eigenvalue weighted by Crippen LogP contribution is 2.53. The summed E-state index contributed by atoms with van der Waals surface area (Å²) >= 11 is 0. The van der Waals surface area contributed by atoms with Crippen molar-refractivity contribution in [3.63, 3.8) is 0 Å². The number of carbonyl (C=O) groups excluding carboxylic acids is 1. The van der Waals surface area contributed by atoms with Crippen molar-refractivity contribution in [1.29, 1.82) is 0 Å². The Bertz CT molecular complexity index is 280. The zero-order chi connectivity index (χ0) is 10.2. The van der Waals surface area contributed by atoms with Crippen molar-refractivity contribution in [3.05, 3.63) is 11.6 Å². The van der Waals surface area contributed by atoms with Crippen LogP contribution in [-0.2, 0) is 9.53 Å². The number of rotatable bonds is 3. The lowest BCUT2D eigenvalue weighted by molar-refractivity contribution is -0.157. The van der Waals surface area contributed by atoms with E-state index in [9.17, 15) is 4.79 Å². The second-order valence-corrected chi connectivity index (χ2v) is 4.73. The SMILES string of the molecule is CCCOC(=O)C1(C)CC2=CCC1C2. The van der Waals surface area contributed by atoms with Crippen LogP contribution >= 0.6 is 0 Å². The van der Waals surface area contributed by atoms with Crippen molar-refractivity contribution in [2.75, 3.05) is 6.61 Å². The van der Waals surface area contributed by atoms with E-state index in [-0.39, 0.29) is 11.4 Å². The summed E-state index contributed by atoms with van der Waals surface area (Å²) in [6, 6.07) is 0. The van der Waals surface area contributed by atoms with Crippen LogP contribution in [0.5, 0.6) is 0 Å². The predicted octanol–water partition coefficient (Wildman–Crippen LogP) is 2.69. The minimum atomic E-state index is -0.209. The van der Waals surface area contributed by atoms with E-state index in [1.165, 1.54) is 5.57 Å². The van der Waals surface area contributed by atoms with Gasteiger partial charge >= 0.3 is 5.97 Å². The Labute approximate surface area is 85.3 Å². The van der Waals surface area contributed by atoms with Gasteiger partial charge in [-0.25, -0.2) is 0 Å². The highest BCUT2D eigenvalue weighted by molar-refractivity contribution is 5.78. The Morgan fingerprint density at radius 2 is 2.50 bits per heavy atom. The number of esters is 1. The molecule has 14 heavy (non-hydrogen) atoms. The molecule has 2 bridgehead atoms. The van der Waals surface area contributed by atoms with Gasteiger partial charge < -0.3 is 4.74 Å². The average Bonchev–Trinajstić information content (AvgIpc) is 2.73. The molecule has 2 rings (SSSR count). The molecule has 0 aliphatic heterocycles. The number of hydrogen-bond acceptors (Lipinski definition) is 2.